The summed E-state index contributed by atoms with van der Waals surface area (Å²) in [5, 5.41) is 10.3. The van der Waals surface area contributed by atoms with E-state index in [9.17, 15) is 19.2 Å². The minimum Gasteiger partial charge on any atom is -0.453 e. The Balaban J connectivity index is 0.889. The average molecular weight is 803 g/mol. The van der Waals surface area contributed by atoms with Gasteiger partial charge >= 0.3 is 12.2 Å². The number of aromatic amines is 2. The summed E-state index contributed by atoms with van der Waals surface area (Å²) in [4.78, 5) is 72.1. The lowest BCUT2D eigenvalue weighted by atomic mass is 10.0. The lowest BCUT2D eigenvalue weighted by Crippen LogP contribution is -2.52. The van der Waals surface area contributed by atoms with Crippen molar-refractivity contribution in [3.05, 3.63) is 72.7 Å². The third-order valence-corrected chi connectivity index (χ3v) is 12.6. The molecule has 9 rings (SSSR count). The van der Waals surface area contributed by atoms with Gasteiger partial charge in [0.25, 0.3) is 0 Å². The van der Waals surface area contributed by atoms with E-state index in [0.717, 1.165) is 76.6 Å². The van der Waals surface area contributed by atoms with Gasteiger partial charge < -0.3 is 39.9 Å². The zero-order chi connectivity index (χ0) is 41.3. The van der Waals surface area contributed by atoms with Crippen LogP contribution in [0.25, 0.3) is 39.3 Å². The van der Waals surface area contributed by atoms with Crippen molar-refractivity contribution in [2.75, 3.05) is 14.2 Å². The molecule has 4 fully saturated rings. The van der Waals surface area contributed by atoms with Crippen molar-refractivity contribution in [1.82, 2.24) is 50.0 Å². The van der Waals surface area contributed by atoms with Gasteiger partial charge in [-0.25, -0.2) is 24.1 Å². The van der Waals surface area contributed by atoms with E-state index in [-0.39, 0.29) is 47.8 Å². The van der Waals surface area contributed by atoms with Crippen molar-refractivity contribution >= 4 is 29.5 Å². The number of amides is 4. The fraction of sp³-hybridized carbons (Fsp3) is 0.465. The van der Waals surface area contributed by atoms with Crippen LogP contribution in [0.15, 0.2) is 61.1 Å². The second-order valence-electron chi connectivity index (χ2n) is 17.1. The first-order valence-electron chi connectivity index (χ1n) is 20.5. The van der Waals surface area contributed by atoms with Crippen LogP contribution in [0.4, 0.5) is 9.59 Å². The molecule has 0 unspecified atom stereocenters. The van der Waals surface area contributed by atoms with Crippen molar-refractivity contribution in [1.29, 1.82) is 0 Å². The number of fused-ring (bicyclic) bond motifs is 3. The fourth-order valence-corrected chi connectivity index (χ4v) is 9.18. The SMILES string of the molecule is COC(=O)N[C@H](C(=O)N1[C@@H]2C[C@@H]2C[C@H]1c1nc(-c2ccn3nc(-c4ccc(-c5cnc([C@@H]6C[C@H]7C[C@H]7N6C(=O)[C@@H](NC(=O)OC)C(C)C)[nH]5)cc4)cc3c2)c[nH]1)C(C)C. The number of aromatic nitrogens is 6. The first kappa shape index (κ1) is 38.3. The second-order valence-corrected chi connectivity index (χ2v) is 17.1. The largest absolute Gasteiger partial charge is 0.453 e. The van der Waals surface area contributed by atoms with Crippen LogP contribution in [0.3, 0.4) is 0 Å². The fourth-order valence-electron chi connectivity index (χ4n) is 9.18. The average Bonchev–Trinajstić information content (AvgIpc) is 3.72. The zero-order valence-electron chi connectivity index (χ0n) is 34.0. The van der Waals surface area contributed by atoms with E-state index in [4.69, 9.17) is 24.5 Å². The maximum Gasteiger partial charge on any atom is 0.407 e. The topological polar surface area (TPSA) is 192 Å². The number of methoxy groups -OCH3 is 2. The van der Waals surface area contributed by atoms with Gasteiger partial charge in [-0.1, -0.05) is 52.0 Å². The lowest BCUT2D eigenvalue weighted by Gasteiger charge is -2.31. The lowest BCUT2D eigenvalue weighted by molar-refractivity contribution is -0.137. The molecule has 2 aliphatic carbocycles. The molecule has 2 aliphatic heterocycles. The van der Waals surface area contributed by atoms with Gasteiger partial charge in [0.05, 0.1) is 55.1 Å². The van der Waals surface area contributed by atoms with Crippen LogP contribution >= 0.6 is 0 Å². The number of rotatable bonds is 11. The number of alkyl carbamates (subject to hydrolysis) is 2. The molecule has 59 heavy (non-hydrogen) atoms. The zero-order valence-corrected chi connectivity index (χ0v) is 34.0. The summed E-state index contributed by atoms with van der Waals surface area (Å²) in [6, 6.07) is 12.8. The van der Waals surface area contributed by atoms with Crippen LogP contribution < -0.4 is 10.6 Å². The van der Waals surface area contributed by atoms with Crippen LogP contribution in [-0.2, 0) is 19.1 Å². The standard InChI is InChI=1S/C43H50N10O6/c1-21(2)36(48-42(56)58-5)40(54)52-32-14-26(32)16-34(52)38-44-19-30(46-38)24-9-7-23(8-10-24)29-18-28-13-25(11-12-51(28)50-29)31-20-45-39(47-31)35-17-27-15-33(27)53(35)41(55)37(22(3)4)49-43(57)59-6/h7-13,18-22,26-27,32-37H,14-17H2,1-6H3,(H,44,46)(H,45,47)(H,48,56)(H,49,57)/t26-,27-,32-,33-,34+,35+,36+,37+/m1/s1. The molecule has 5 aromatic rings. The molecule has 6 heterocycles. The van der Waals surface area contributed by atoms with Crippen LogP contribution in [0, 0.1) is 23.7 Å². The van der Waals surface area contributed by atoms with Crippen molar-refractivity contribution < 1.29 is 28.7 Å². The van der Waals surface area contributed by atoms with E-state index < -0.39 is 24.3 Å². The Hall–Kier alpha value is -6.19. The molecule has 2 saturated heterocycles. The number of ether oxygens (including phenoxy) is 2. The van der Waals surface area contributed by atoms with Crippen molar-refractivity contribution in [2.45, 2.75) is 89.6 Å². The summed E-state index contributed by atoms with van der Waals surface area (Å²) in [7, 11) is 2.60. The van der Waals surface area contributed by atoms with E-state index in [1.54, 1.807) is 0 Å². The third-order valence-electron chi connectivity index (χ3n) is 12.6. The number of pyridine rings is 1. The molecular weight excluding hydrogens is 753 g/mol. The third kappa shape index (κ3) is 7.07. The van der Waals surface area contributed by atoms with Gasteiger partial charge in [0, 0.05) is 35.6 Å². The van der Waals surface area contributed by atoms with E-state index in [1.807, 2.05) is 97.0 Å². The number of nitrogens with one attached hydrogen (secondary N) is 4. The molecular formula is C43H50N10O6. The van der Waals surface area contributed by atoms with E-state index >= 15 is 0 Å². The molecule has 0 radical (unpaired) electrons. The highest BCUT2D eigenvalue weighted by Gasteiger charge is 2.57. The Labute approximate surface area is 341 Å². The highest BCUT2D eigenvalue weighted by Crippen LogP contribution is 2.54. The molecule has 0 bridgehead atoms. The number of benzene rings is 1. The number of hydrogen-bond acceptors (Lipinski definition) is 9. The smallest absolute Gasteiger partial charge is 0.407 e. The number of piperidine rings is 2. The number of H-pyrrole nitrogens is 2. The Morgan fingerprint density at radius 2 is 1.31 bits per heavy atom. The molecule has 4 aliphatic rings. The molecule has 16 heteroatoms. The number of carbonyl (C=O) groups is 4. The van der Waals surface area contributed by atoms with Gasteiger partial charge in [0.2, 0.25) is 11.8 Å². The molecule has 308 valence electrons. The summed E-state index contributed by atoms with van der Waals surface area (Å²) in [6.45, 7) is 7.66. The monoisotopic (exact) mass is 802 g/mol. The van der Waals surface area contributed by atoms with Gasteiger partial charge in [-0.2, -0.15) is 5.10 Å². The Kier molecular flexibility index (Phi) is 9.67. The van der Waals surface area contributed by atoms with Gasteiger partial charge in [0.15, 0.2) is 0 Å². The minimum absolute atomic E-state index is 0.105. The predicted molar refractivity (Wildman–Crippen MR) is 216 cm³/mol. The van der Waals surface area contributed by atoms with Gasteiger partial charge in [-0.05, 0) is 73.1 Å². The summed E-state index contributed by atoms with van der Waals surface area (Å²) < 4.78 is 11.4. The van der Waals surface area contributed by atoms with Gasteiger partial charge in [0.1, 0.15) is 23.7 Å². The number of imidazole rings is 2. The van der Waals surface area contributed by atoms with E-state index in [0.29, 0.717) is 11.8 Å². The Bertz CT molecular complexity index is 2420. The molecule has 4 amide bonds. The Morgan fingerprint density at radius 3 is 1.88 bits per heavy atom. The van der Waals surface area contributed by atoms with Crippen molar-refractivity contribution in [2.24, 2.45) is 23.7 Å². The van der Waals surface area contributed by atoms with Gasteiger partial charge in [-0.3, -0.25) is 9.59 Å². The number of carbonyl (C=O) groups excluding carboxylic acids is 4. The van der Waals surface area contributed by atoms with E-state index in [2.05, 4.69) is 26.7 Å². The van der Waals surface area contributed by atoms with Crippen LogP contribution in [-0.4, -0.2) is 102 Å². The molecule has 2 saturated carbocycles. The minimum atomic E-state index is -0.688. The maximum atomic E-state index is 13.8. The van der Waals surface area contributed by atoms with Crippen LogP contribution in [0.5, 0.6) is 0 Å². The predicted octanol–water partition coefficient (Wildman–Crippen LogP) is 5.87. The molecule has 0 spiro atoms. The van der Waals surface area contributed by atoms with Crippen LogP contribution in [0.1, 0.15) is 77.1 Å². The normalized spacial score (nSPS) is 23.9. The molecule has 4 aromatic heterocycles. The summed E-state index contributed by atoms with van der Waals surface area (Å²) >= 11 is 0. The maximum absolute atomic E-state index is 13.8. The van der Waals surface area contributed by atoms with Gasteiger partial charge in [-0.15, -0.1) is 0 Å². The molecule has 4 N–H and O–H groups in total. The number of nitrogens with zero attached hydrogens (tertiary/aromatic N) is 6. The summed E-state index contributed by atoms with van der Waals surface area (Å²) in [5.74, 6) is 1.92. The number of likely N-dealkylation sites (tertiary alicyclic amines) is 2. The molecule has 8 atom stereocenters. The number of hydrogen-bond donors (Lipinski definition) is 4. The summed E-state index contributed by atoms with van der Waals surface area (Å²) in [6.07, 6.45) is 7.98. The highest BCUT2D eigenvalue weighted by atomic mass is 16.5. The van der Waals surface area contributed by atoms with Crippen LogP contribution in [0.2, 0.25) is 0 Å². The summed E-state index contributed by atoms with van der Waals surface area (Å²) in [5.41, 5.74) is 6.19. The van der Waals surface area contributed by atoms with E-state index in [1.165, 1.54) is 14.2 Å². The van der Waals surface area contributed by atoms with Crippen molar-refractivity contribution in [3.63, 3.8) is 0 Å². The van der Waals surface area contributed by atoms with Crippen molar-refractivity contribution in [3.8, 4) is 33.8 Å². The Morgan fingerprint density at radius 1 is 0.729 bits per heavy atom. The second kappa shape index (κ2) is 14.9. The highest BCUT2D eigenvalue weighted by molar-refractivity contribution is 5.88. The first-order valence-corrected chi connectivity index (χ1v) is 20.5. The molecule has 1 aromatic carbocycles. The molecule has 16 nitrogen and oxygen atoms in total. The first-order chi connectivity index (χ1) is 28.4. The quantitative estimate of drug-likeness (QED) is 0.127.